The Kier molecular flexibility index (Phi) is 6.60. The Hall–Kier alpha value is -1.49. The third kappa shape index (κ3) is 5.08. The molecule has 2 rings (SSSR count). The molecular formula is C16H20ClNO3. The smallest absolute Gasteiger partial charge is 0.129 e. The van der Waals surface area contributed by atoms with Crippen LogP contribution < -0.4 is 10.1 Å². The Balaban J connectivity index is 1.61. The molecule has 0 aliphatic rings. The van der Waals surface area contributed by atoms with Crippen LogP contribution in [0.3, 0.4) is 0 Å². The van der Waals surface area contributed by atoms with Gasteiger partial charge in [0.05, 0.1) is 13.4 Å². The van der Waals surface area contributed by atoms with Crippen LogP contribution in [0, 0.1) is 0 Å². The molecule has 5 heteroatoms. The molecule has 0 saturated heterocycles. The van der Waals surface area contributed by atoms with Gasteiger partial charge in [-0.2, -0.15) is 0 Å². The lowest BCUT2D eigenvalue weighted by Crippen LogP contribution is -2.17. The minimum Gasteiger partial charge on any atom is -0.496 e. The van der Waals surface area contributed by atoms with E-state index in [9.17, 15) is 0 Å². The first-order valence-corrected chi connectivity index (χ1v) is 7.31. The van der Waals surface area contributed by atoms with E-state index >= 15 is 0 Å². The summed E-state index contributed by atoms with van der Waals surface area (Å²) in [6, 6.07) is 9.43. The number of ether oxygens (including phenoxy) is 2. The first-order valence-electron chi connectivity index (χ1n) is 6.93. The number of rotatable bonds is 9. The normalized spacial score (nSPS) is 10.8. The summed E-state index contributed by atoms with van der Waals surface area (Å²) in [4.78, 5) is 0. The SMILES string of the molecule is COc1cccc(Cl)c1CNCCCOCc1ccco1. The van der Waals surface area contributed by atoms with Crippen molar-refractivity contribution in [2.24, 2.45) is 0 Å². The van der Waals surface area contributed by atoms with E-state index in [2.05, 4.69) is 5.32 Å². The lowest BCUT2D eigenvalue weighted by molar-refractivity contribution is 0.104. The number of methoxy groups -OCH3 is 1. The second-order valence-corrected chi connectivity index (χ2v) is 4.99. The van der Waals surface area contributed by atoms with Crippen molar-refractivity contribution in [1.82, 2.24) is 5.32 Å². The van der Waals surface area contributed by atoms with Crippen LogP contribution in [0.15, 0.2) is 41.0 Å². The average molecular weight is 310 g/mol. The summed E-state index contributed by atoms with van der Waals surface area (Å²) in [5.41, 5.74) is 0.984. The van der Waals surface area contributed by atoms with Crippen molar-refractivity contribution >= 4 is 11.6 Å². The second kappa shape index (κ2) is 8.72. The van der Waals surface area contributed by atoms with Gasteiger partial charge in [0.25, 0.3) is 0 Å². The summed E-state index contributed by atoms with van der Waals surface area (Å²) in [6.07, 6.45) is 2.57. The number of hydrogen-bond donors (Lipinski definition) is 1. The Labute approximate surface area is 130 Å². The summed E-state index contributed by atoms with van der Waals surface area (Å²) >= 11 is 6.17. The van der Waals surface area contributed by atoms with Gasteiger partial charge in [-0.25, -0.2) is 0 Å². The third-order valence-corrected chi connectivity index (χ3v) is 3.42. The highest BCUT2D eigenvalue weighted by Crippen LogP contribution is 2.25. The molecule has 0 saturated carbocycles. The molecule has 0 spiro atoms. The maximum absolute atomic E-state index is 6.17. The van der Waals surface area contributed by atoms with E-state index in [1.807, 2.05) is 30.3 Å². The summed E-state index contributed by atoms with van der Waals surface area (Å²) in [5, 5.41) is 4.06. The number of hydrogen-bond acceptors (Lipinski definition) is 4. The lowest BCUT2D eigenvalue weighted by atomic mass is 10.2. The van der Waals surface area contributed by atoms with Crippen LogP contribution in [0.1, 0.15) is 17.7 Å². The Morgan fingerprint density at radius 1 is 1.24 bits per heavy atom. The topological polar surface area (TPSA) is 43.6 Å². The minimum absolute atomic E-state index is 0.519. The van der Waals surface area contributed by atoms with Crippen molar-refractivity contribution < 1.29 is 13.9 Å². The maximum Gasteiger partial charge on any atom is 0.129 e. The van der Waals surface area contributed by atoms with Crippen LogP contribution in [0.2, 0.25) is 5.02 Å². The van der Waals surface area contributed by atoms with Gasteiger partial charge in [0, 0.05) is 23.7 Å². The van der Waals surface area contributed by atoms with Gasteiger partial charge in [-0.1, -0.05) is 17.7 Å². The molecule has 0 aliphatic carbocycles. The largest absolute Gasteiger partial charge is 0.496 e. The van der Waals surface area contributed by atoms with Crippen LogP contribution >= 0.6 is 11.6 Å². The zero-order valence-electron chi connectivity index (χ0n) is 12.1. The Bertz CT molecular complexity index is 528. The van der Waals surface area contributed by atoms with Crippen molar-refractivity contribution in [3.8, 4) is 5.75 Å². The Morgan fingerprint density at radius 3 is 2.90 bits per heavy atom. The van der Waals surface area contributed by atoms with E-state index in [0.717, 1.165) is 35.1 Å². The van der Waals surface area contributed by atoms with Crippen LogP contribution in [-0.2, 0) is 17.9 Å². The van der Waals surface area contributed by atoms with Gasteiger partial charge in [-0.3, -0.25) is 0 Å². The van der Waals surface area contributed by atoms with Gasteiger partial charge in [0.2, 0.25) is 0 Å². The molecule has 21 heavy (non-hydrogen) atoms. The molecule has 2 aromatic rings. The molecule has 1 heterocycles. The molecule has 114 valence electrons. The fourth-order valence-corrected chi connectivity index (χ4v) is 2.21. The fraction of sp³-hybridized carbons (Fsp3) is 0.375. The van der Waals surface area contributed by atoms with Crippen molar-refractivity contribution in [3.05, 3.63) is 52.9 Å². The summed E-state index contributed by atoms with van der Waals surface area (Å²) in [6.45, 7) is 2.74. The van der Waals surface area contributed by atoms with Crippen molar-refractivity contribution in [2.45, 2.75) is 19.6 Å². The van der Waals surface area contributed by atoms with Gasteiger partial charge < -0.3 is 19.2 Å². The summed E-state index contributed by atoms with van der Waals surface area (Å²) in [5.74, 6) is 1.66. The standard InChI is InChI=1S/C16H20ClNO3/c1-19-16-7-2-6-15(17)14(16)11-18-8-4-9-20-12-13-5-3-10-21-13/h2-3,5-7,10,18H,4,8-9,11-12H2,1H3. The van der Waals surface area contributed by atoms with E-state index in [1.165, 1.54) is 0 Å². The van der Waals surface area contributed by atoms with E-state index in [1.54, 1.807) is 13.4 Å². The molecular weight excluding hydrogens is 290 g/mol. The second-order valence-electron chi connectivity index (χ2n) is 4.58. The monoisotopic (exact) mass is 309 g/mol. The number of furan rings is 1. The highest BCUT2D eigenvalue weighted by molar-refractivity contribution is 6.31. The number of benzene rings is 1. The zero-order chi connectivity index (χ0) is 14.9. The predicted molar refractivity (Wildman–Crippen MR) is 82.7 cm³/mol. The molecule has 0 unspecified atom stereocenters. The minimum atomic E-state index is 0.519. The third-order valence-electron chi connectivity index (χ3n) is 3.06. The molecule has 0 bridgehead atoms. The number of halogens is 1. The molecule has 0 aliphatic heterocycles. The average Bonchev–Trinajstić information content (AvgIpc) is 3.00. The lowest BCUT2D eigenvalue weighted by Gasteiger charge is -2.11. The molecule has 4 nitrogen and oxygen atoms in total. The fourth-order valence-electron chi connectivity index (χ4n) is 1.98. The first kappa shape index (κ1) is 15.9. The first-order chi connectivity index (χ1) is 10.3. The molecule has 0 atom stereocenters. The van der Waals surface area contributed by atoms with Crippen LogP contribution in [0.4, 0.5) is 0 Å². The maximum atomic E-state index is 6.17. The molecule has 0 radical (unpaired) electrons. The van der Waals surface area contributed by atoms with E-state index in [0.29, 0.717) is 19.8 Å². The molecule has 1 aromatic heterocycles. The van der Waals surface area contributed by atoms with E-state index < -0.39 is 0 Å². The van der Waals surface area contributed by atoms with Gasteiger partial charge in [0.15, 0.2) is 0 Å². The highest BCUT2D eigenvalue weighted by Gasteiger charge is 2.06. The van der Waals surface area contributed by atoms with Crippen molar-refractivity contribution in [2.75, 3.05) is 20.3 Å². The van der Waals surface area contributed by atoms with Gasteiger partial charge in [-0.15, -0.1) is 0 Å². The van der Waals surface area contributed by atoms with E-state index in [4.69, 9.17) is 25.5 Å². The van der Waals surface area contributed by atoms with Gasteiger partial charge in [0.1, 0.15) is 18.1 Å². The molecule has 1 aromatic carbocycles. The quantitative estimate of drug-likeness (QED) is 0.718. The highest BCUT2D eigenvalue weighted by atomic mass is 35.5. The van der Waals surface area contributed by atoms with Crippen LogP contribution in [0.5, 0.6) is 5.75 Å². The zero-order valence-corrected chi connectivity index (χ0v) is 12.9. The van der Waals surface area contributed by atoms with Crippen molar-refractivity contribution in [1.29, 1.82) is 0 Å². The van der Waals surface area contributed by atoms with Crippen molar-refractivity contribution in [3.63, 3.8) is 0 Å². The van der Waals surface area contributed by atoms with Gasteiger partial charge in [-0.05, 0) is 37.2 Å². The molecule has 0 amide bonds. The number of nitrogens with one attached hydrogen (secondary N) is 1. The summed E-state index contributed by atoms with van der Waals surface area (Å²) < 4.78 is 16.0. The molecule has 1 N–H and O–H groups in total. The Morgan fingerprint density at radius 2 is 2.14 bits per heavy atom. The predicted octanol–water partition coefficient (Wildman–Crippen LogP) is 3.64. The van der Waals surface area contributed by atoms with Gasteiger partial charge >= 0.3 is 0 Å². The van der Waals surface area contributed by atoms with Crippen LogP contribution in [0.25, 0.3) is 0 Å². The molecule has 0 fully saturated rings. The summed E-state index contributed by atoms with van der Waals surface area (Å²) in [7, 11) is 1.65. The van der Waals surface area contributed by atoms with E-state index in [-0.39, 0.29) is 0 Å². The van der Waals surface area contributed by atoms with Crippen LogP contribution in [-0.4, -0.2) is 20.3 Å².